The van der Waals surface area contributed by atoms with Crippen LogP contribution in [-0.4, -0.2) is 37.2 Å². The van der Waals surface area contributed by atoms with Gasteiger partial charge in [-0.3, -0.25) is 4.90 Å². The molecule has 1 aliphatic heterocycles. The summed E-state index contributed by atoms with van der Waals surface area (Å²) in [6.07, 6.45) is 1.62. The van der Waals surface area contributed by atoms with E-state index in [1.165, 1.54) is 6.42 Å². The Morgan fingerprint density at radius 1 is 1.60 bits per heavy atom. The number of hydrogen-bond acceptors (Lipinski definition) is 2. The van der Waals surface area contributed by atoms with E-state index < -0.39 is 0 Å². The van der Waals surface area contributed by atoms with Gasteiger partial charge in [-0.2, -0.15) is 0 Å². The van der Waals surface area contributed by atoms with E-state index in [0.29, 0.717) is 12.1 Å². The minimum atomic E-state index is 0.424. The van der Waals surface area contributed by atoms with Gasteiger partial charge in [0.2, 0.25) is 0 Å². The first-order valence-corrected chi connectivity index (χ1v) is 4.06. The standard InChI is InChI=1S/C8H17NO/c1-4-8-6-10-7(2)5-9(8)3/h7-8H,4-6H2,1-3H3/t7?,8-/m1/s1. The molecule has 60 valence electrons. The molecule has 0 aromatic heterocycles. The Kier molecular flexibility index (Phi) is 2.69. The van der Waals surface area contributed by atoms with Crippen LogP contribution in [0.15, 0.2) is 0 Å². The molecule has 0 aromatic rings. The lowest BCUT2D eigenvalue weighted by Gasteiger charge is -2.35. The molecule has 0 saturated carbocycles. The van der Waals surface area contributed by atoms with Gasteiger partial charge in [0.15, 0.2) is 0 Å². The van der Waals surface area contributed by atoms with E-state index >= 15 is 0 Å². The van der Waals surface area contributed by atoms with E-state index in [-0.39, 0.29) is 0 Å². The first kappa shape index (κ1) is 8.02. The van der Waals surface area contributed by atoms with Crippen LogP contribution in [0.1, 0.15) is 20.3 Å². The molecule has 2 heteroatoms. The summed E-state index contributed by atoms with van der Waals surface area (Å²) >= 11 is 0. The topological polar surface area (TPSA) is 12.5 Å². The normalized spacial score (nSPS) is 36.3. The van der Waals surface area contributed by atoms with Gasteiger partial charge in [-0.1, -0.05) is 6.92 Å². The predicted octanol–water partition coefficient (Wildman–Crippen LogP) is 1.12. The highest BCUT2D eigenvalue weighted by atomic mass is 16.5. The number of hydrogen-bond donors (Lipinski definition) is 0. The van der Waals surface area contributed by atoms with E-state index in [0.717, 1.165) is 13.2 Å². The minimum Gasteiger partial charge on any atom is -0.376 e. The van der Waals surface area contributed by atoms with Crippen LogP contribution in [-0.2, 0) is 4.74 Å². The lowest BCUT2D eigenvalue weighted by molar-refractivity contribution is -0.0452. The van der Waals surface area contributed by atoms with Crippen molar-refractivity contribution in [1.82, 2.24) is 4.90 Å². The van der Waals surface area contributed by atoms with Crippen LogP contribution in [0.2, 0.25) is 0 Å². The fourth-order valence-electron chi connectivity index (χ4n) is 1.44. The fourth-order valence-corrected chi connectivity index (χ4v) is 1.44. The molecule has 0 radical (unpaired) electrons. The number of likely N-dealkylation sites (N-methyl/N-ethyl adjacent to an activating group) is 1. The summed E-state index contributed by atoms with van der Waals surface area (Å²) in [5, 5.41) is 0. The van der Waals surface area contributed by atoms with Crippen LogP contribution in [0.3, 0.4) is 0 Å². The molecular formula is C8H17NO. The molecule has 0 spiro atoms. The Morgan fingerprint density at radius 3 is 2.80 bits per heavy atom. The van der Waals surface area contributed by atoms with Gasteiger partial charge >= 0.3 is 0 Å². The van der Waals surface area contributed by atoms with Gasteiger partial charge in [-0.05, 0) is 20.4 Å². The van der Waals surface area contributed by atoms with Gasteiger partial charge in [-0.25, -0.2) is 0 Å². The average molecular weight is 143 g/mol. The molecule has 1 saturated heterocycles. The predicted molar refractivity (Wildman–Crippen MR) is 42.1 cm³/mol. The fraction of sp³-hybridized carbons (Fsp3) is 1.00. The molecule has 0 bridgehead atoms. The second kappa shape index (κ2) is 3.35. The summed E-state index contributed by atoms with van der Waals surface area (Å²) in [6, 6.07) is 0.649. The summed E-state index contributed by atoms with van der Waals surface area (Å²) in [7, 11) is 2.17. The third kappa shape index (κ3) is 1.70. The van der Waals surface area contributed by atoms with Crippen molar-refractivity contribution in [3.8, 4) is 0 Å². The molecule has 1 aliphatic rings. The van der Waals surface area contributed by atoms with E-state index in [1.807, 2.05) is 0 Å². The summed E-state index contributed by atoms with van der Waals surface area (Å²) < 4.78 is 5.51. The maximum Gasteiger partial charge on any atom is 0.0674 e. The summed E-state index contributed by atoms with van der Waals surface area (Å²) in [5.41, 5.74) is 0. The molecule has 1 rings (SSSR count). The Morgan fingerprint density at radius 2 is 2.30 bits per heavy atom. The maximum atomic E-state index is 5.51. The molecule has 0 aliphatic carbocycles. The van der Waals surface area contributed by atoms with E-state index in [1.54, 1.807) is 0 Å². The van der Waals surface area contributed by atoms with Crippen molar-refractivity contribution >= 4 is 0 Å². The van der Waals surface area contributed by atoms with Crippen molar-refractivity contribution in [1.29, 1.82) is 0 Å². The van der Waals surface area contributed by atoms with Gasteiger partial charge in [-0.15, -0.1) is 0 Å². The van der Waals surface area contributed by atoms with Crippen LogP contribution in [0.5, 0.6) is 0 Å². The highest BCUT2D eigenvalue weighted by molar-refractivity contribution is 4.73. The van der Waals surface area contributed by atoms with Crippen molar-refractivity contribution < 1.29 is 4.74 Å². The van der Waals surface area contributed by atoms with Crippen molar-refractivity contribution in [3.05, 3.63) is 0 Å². The van der Waals surface area contributed by atoms with Crippen LogP contribution in [0.4, 0.5) is 0 Å². The van der Waals surface area contributed by atoms with Gasteiger partial charge in [0.25, 0.3) is 0 Å². The largest absolute Gasteiger partial charge is 0.376 e. The van der Waals surface area contributed by atoms with E-state index in [9.17, 15) is 0 Å². The minimum absolute atomic E-state index is 0.424. The quantitative estimate of drug-likeness (QED) is 0.545. The summed E-state index contributed by atoms with van der Waals surface area (Å²) in [4.78, 5) is 2.38. The van der Waals surface area contributed by atoms with Gasteiger partial charge in [0.1, 0.15) is 0 Å². The molecule has 1 fully saturated rings. The first-order valence-electron chi connectivity index (χ1n) is 4.06. The van der Waals surface area contributed by atoms with Crippen LogP contribution >= 0.6 is 0 Å². The van der Waals surface area contributed by atoms with Gasteiger partial charge in [0.05, 0.1) is 12.7 Å². The number of nitrogens with zero attached hydrogens (tertiary/aromatic N) is 1. The number of ether oxygens (including phenoxy) is 1. The molecule has 0 N–H and O–H groups in total. The highest BCUT2D eigenvalue weighted by Gasteiger charge is 2.21. The van der Waals surface area contributed by atoms with Gasteiger partial charge < -0.3 is 4.74 Å². The van der Waals surface area contributed by atoms with Crippen molar-refractivity contribution in [2.45, 2.75) is 32.4 Å². The molecule has 0 amide bonds. The number of rotatable bonds is 1. The van der Waals surface area contributed by atoms with E-state index in [2.05, 4.69) is 25.8 Å². The summed E-state index contributed by atoms with van der Waals surface area (Å²) in [6.45, 7) is 6.33. The van der Waals surface area contributed by atoms with Crippen LogP contribution < -0.4 is 0 Å². The molecule has 1 unspecified atom stereocenters. The molecule has 2 nitrogen and oxygen atoms in total. The first-order chi connectivity index (χ1) is 4.74. The molecular weight excluding hydrogens is 126 g/mol. The van der Waals surface area contributed by atoms with Gasteiger partial charge in [0, 0.05) is 12.6 Å². The zero-order chi connectivity index (χ0) is 7.56. The Hall–Kier alpha value is -0.0800. The zero-order valence-electron chi connectivity index (χ0n) is 7.13. The Labute approximate surface area is 63.2 Å². The number of morpholine rings is 1. The lowest BCUT2D eigenvalue weighted by atomic mass is 10.1. The summed E-state index contributed by atoms with van der Waals surface area (Å²) in [5.74, 6) is 0. The van der Waals surface area contributed by atoms with Crippen molar-refractivity contribution in [3.63, 3.8) is 0 Å². The highest BCUT2D eigenvalue weighted by Crippen LogP contribution is 2.11. The Balaban J connectivity index is 2.36. The maximum absolute atomic E-state index is 5.51. The second-order valence-corrected chi connectivity index (χ2v) is 3.15. The molecule has 1 heterocycles. The second-order valence-electron chi connectivity index (χ2n) is 3.15. The van der Waals surface area contributed by atoms with E-state index in [4.69, 9.17) is 4.74 Å². The smallest absolute Gasteiger partial charge is 0.0674 e. The lowest BCUT2D eigenvalue weighted by Crippen LogP contribution is -2.45. The zero-order valence-corrected chi connectivity index (χ0v) is 7.13. The van der Waals surface area contributed by atoms with Crippen LogP contribution in [0.25, 0.3) is 0 Å². The van der Waals surface area contributed by atoms with Crippen molar-refractivity contribution in [2.75, 3.05) is 20.2 Å². The monoisotopic (exact) mass is 143 g/mol. The Bertz CT molecular complexity index is 105. The molecule has 2 atom stereocenters. The average Bonchev–Trinajstić information content (AvgIpc) is 1.88. The molecule has 10 heavy (non-hydrogen) atoms. The van der Waals surface area contributed by atoms with Crippen LogP contribution in [0, 0.1) is 0 Å². The molecule has 0 aromatic carbocycles. The third-order valence-electron chi connectivity index (χ3n) is 2.21. The third-order valence-corrected chi connectivity index (χ3v) is 2.21. The van der Waals surface area contributed by atoms with Crippen molar-refractivity contribution in [2.24, 2.45) is 0 Å². The SMILES string of the molecule is CC[C@@H]1COC(C)CN1C.